The molecule has 0 aromatic rings. The molecule has 3 heteroatoms. The van der Waals surface area contributed by atoms with E-state index in [9.17, 15) is 0 Å². The van der Waals surface area contributed by atoms with Crippen LogP contribution in [0.1, 0.15) is 38.5 Å². The van der Waals surface area contributed by atoms with Gasteiger partial charge in [-0.15, -0.1) is 0 Å². The molecule has 2 fully saturated rings. The lowest BCUT2D eigenvalue weighted by Crippen LogP contribution is -2.48. The second-order valence-electron chi connectivity index (χ2n) is 5.18. The zero-order valence-electron chi connectivity index (χ0n) is 9.57. The Bertz CT molecular complexity index is 198. The van der Waals surface area contributed by atoms with Gasteiger partial charge in [-0.25, -0.2) is 0 Å². The molecule has 1 saturated heterocycles. The maximum atomic E-state index is 8.93. The third kappa shape index (κ3) is 2.71. The van der Waals surface area contributed by atoms with Crippen LogP contribution in [0.2, 0.25) is 0 Å². The van der Waals surface area contributed by atoms with E-state index >= 15 is 0 Å². The third-order valence-corrected chi connectivity index (χ3v) is 4.11. The second kappa shape index (κ2) is 5.28. The summed E-state index contributed by atoms with van der Waals surface area (Å²) in [4.78, 5) is 2.57. The third-order valence-electron chi connectivity index (χ3n) is 4.11. The van der Waals surface area contributed by atoms with Crippen LogP contribution in [0.15, 0.2) is 0 Å². The van der Waals surface area contributed by atoms with Gasteiger partial charge < -0.3 is 10.8 Å². The molecule has 2 aliphatic rings. The molecule has 1 saturated carbocycles. The highest BCUT2D eigenvalue weighted by Crippen LogP contribution is 2.28. The molecular weight excluding hydrogens is 188 g/mol. The van der Waals surface area contributed by atoms with Crippen molar-refractivity contribution >= 4 is 0 Å². The first-order chi connectivity index (χ1) is 7.31. The molecule has 3 nitrogen and oxygen atoms in total. The Labute approximate surface area is 92.6 Å². The molecule has 1 aliphatic carbocycles. The van der Waals surface area contributed by atoms with Crippen LogP contribution in [-0.2, 0) is 0 Å². The van der Waals surface area contributed by atoms with Gasteiger partial charge in [-0.1, -0.05) is 12.8 Å². The second-order valence-corrected chi connectivity index (χ2v) is 5.18. The molecule has 0 spiro atoms. The Morgan fingerprint density at radius 1 is 1.20 bits per heavy atom. The smallest absolute Gasteiger partial charge is 0.0434 e. The van der Waals surface area contributed by atoms with Gasteiger partial charge in [-0.2, -0.15) is 0 Å². The number of aliphatic hydroxyl groups excluding tert-OH is 1. The Hall–Kier alpha value is -0.120. The van der Waals surface area contributed by atoms with Crippen LogP contribution in [0.25, 0.3) is 0 Å². The maximum Gasteiger partial charge on any atom is 0.0434 e. The van der Waals surface area contributed by atoms with E-state index in [-0.39, 0.29) is 0 Å². The molecule has 3 unspecified atom stereocenters. The van der Waals surface area contributed by atoms with Crippen molar-refractivity contribution in [3.05, 3.63) is 0 Å². The summed E-state index contributed by atoms with van der Waals surface area (Å²) in [6.07, 6.45) is 7.37. The van der Waals surface area contributed by atoms with Gasteiger partial charge in [0, 0.05) is 25.2 Å². The summed E-state index contributed by atoms with van der Waals surface area (Å²) in [6.45, 7) is 2.71. The van der Waals surface area contributed by atoms with Gasteiger partial charge in [0.1, 0.15) is 0 Å². The Morgan fingerprint density at radius 3 is 2.73 bits per heavy atom. The lowest BCUT2D eigenvalue weighted by Gasteiger charge is -2.36. The first-order valence-electron chi connectivity index (χ1n) is 6.41. The molecular formula is C12H24N2O. The van der Waals surface area contributed by atoms with E-state index in [2.05, 4.69) is 4.90 Å². The number of nitrogens with two attached hydrogens (primary N) is 1. The molecule has 2 rings (SSSR count). The van der Waals surface area contributed by atoms with E-state index in [1.165, 1.54) is 45.2 Å². The zero-order chi connectivity index (χ0) is 10.7. The number of hydrogen-bond donors (Lipinski definition) is 2. The summed E-state index contributed by atoms with van der Waals surface area (Å²) >= 11 is 0. The number of likely N-dealkylation sites (tertiary alicyclic amines) is 1. The number of rotatable bonds is 3. The Morgan fingerprint density at radius 2 is 2.00 bits per heavy atom. The normalized spacial score (nSPS) is 38.4. The van der Waals surface area contributed by atoms with Crippen molar-refractivity contribution in [2.45, 2.75) is 50.6 Å². The molecule has 0 aromatic carbocycles. The van der Waals surface area contributed by atoms with Gasteiger partial charge >= 0.3 is 0 Å². The van der Waals surface area contributed by atoms with Crippen LogP contribution in [-0.4, -0.2) is 41.8 Å². The highest BCUT2D eigenvalue weighted by molar-refractivity contribution is 4.89. The van der Waals surface area contributed by atoms with Crippen molar-refractivity contribution in [3.8, 4) is 0 Å². The first-order valence-corrected chi connectivity index (χ1v) is 6.41. The summed E-state index contributed by atoms with van der Waals surface area (Å²) in [7, 11) is 0. The summed E-state index contributed by atoms with van der Waals surface area (Å²) in [5.74, 6) is 0.712. The van der Waals surface area contributed by atoms with Gasteiger partial charge in [-0.3, -0.25) is 4.90 Å². The SMILES string of the molecule is NC1CCCCC1N1CCC(CCO)C1. The predicted molar refractivity (Wildman–Crippen MR) is 61.6 cm³/mol. The van der Waals surface area contributed by atoms with Gasteiger partial charge in [-0.05, 0) is 38.1 Å². The van der Waals surface area contributed by atoms with E-state index in [1.54, 1.807) is 0 Å². The van der Waals surface area contributed by atoms with Gasteiger partial charge in [0.15, 0.2) is 0 Å². The van der Waals surface area contributed by atoms with Gasteiger partial charge in [0.2, 0.25) is 0 Å². The topological polar surface area (TPSA) is 49.5 Å². The molecule has 1 aliphatic heterocycles. The number of nitrogens with zero attached hydrogens (tertiary/aromatic N) is 1. The average Bonchev–Trinajstić information content (AvgIpc) is 2.68. The predicted octanol–water partition coefficient (Wildman–Crippen LogP) is 0.961. The van der Waals surface area contributed by atoms with Crippen molar-refractivity contribution in [1.29, 1.82) is 0 Å². The number of hydrogen-bond acceptors (Lipinski definition) is 3. The quantitative estimate of drug-likeness (QED) is 0.732. The van der Waals surface area contributed by atoms with Crippen molar-refractivity contribution in [3.63, 3.8) is 0 Å². The van der Waals surface area contributed by atoms with Crippen molar-refractivity contribution in [1.82, 2.24) is 4.90 Å². The molecule has 1 heterocycles. The standard InChI is InChI=1S/C12H24N2O/c13-11-3-1-2-4-12(11)14-7-5-10(9-14)6-8-15/h10-12,15H,1-9,13H2. The van der Waals surface area contributed by atoms with Crippen LogP contribution in [0.3, 0.4) is 0 Å². The van der Waals surface area contributed by atoms with Gasteiger partial charge in [0.25, 0.3) is 0 Å². The number of aliphatic hydroxyl groups is 1. The van der Waals surface area contributed by atoms with Crippen LogP contribution in [0, 0.1) is 5.92 Å². The molecule has 0 amide bonds. The zero-order valence-corrected chi connectivity index (χ0v) is 9.57. The minimum atomic E-state index is 0.342. The molecule has 15 heavy (non-hydrogen) atoms. The average molecular weight is 212 g/mol. The highest BCUT2D eigenvalue weighted by Gasteiger charge is 2.32. The summed E-state index contributed by atoms with van der Waals surface area (Å²) in [5.41, 5.74) is 6.19. The molecule has 3 N–H and O–H groups in total. The van der Waals surface area contributed by atoms with Crippen LogP contribution >= 0.6 is 0 Å². The fraction of sp³-hybridized carbons (Fsp3) is 1.00. The minimum absolute atomic E-state index is 0.342. The highest BCUT2D eigenvalue weighted by atomic mass is 16.3. The summed E-state index contributed by atoms with van der Waals surface area (Å²) < 4.78 is 0. The monoisotopic (exact) mass is 212 g/mol. The van der Waals surface area contributed by atoms with E-state index in [4.69, 9.17) is 10.8 Å². The van der Waals surface area contributed by atoms with E-state index < -0.39 is 0 Å². The van der Waals surface area contributed by atoms with Crippen molar-refractivity contribution in [2.75, 3.05) is 19.7 Å². The molecule has 3 atom stereocenters. The lowest BCUT2D eigenvalue weighted by atomic mass is 9.90. The summed E-state index contributed by atoms with van der Waals surface area (Å²) in [6, 6.07) is 1.02. The van der Waals surface area contributed by atoms with Crippen LogP contribution in [0.5, 0.6) is 0 Å². The molecule has 0 radical (unpaired) electrons. The van der Waals surface area contributed by atoms with Gasteiger partial charge in [0.05, 0.1) is 0 Å². The molecule has 88 valence electrons. The van der Waals surface area contributed by atoms with Crippen molar-refractivity contribution < 1.29 is 5.11 Å². The van der Waals surface area contributed by atoms with Crippen LogP contribution < -0.4 is 5.73 Å². The van der Waals surface area contributed by atoms with E-state index in [1.807, 2.05) is 0 Å². The van der Waals surface area contributed by atoms with E-state index in [0.717, 1.165) is 6.42 Å². The fourth-order valence-corrected chi connectivity index (χ4v) is 3.18. The minimum Gasteiger partial charge on any atom is -0.396 e. The maximum absolute atomic E-state index is 8.93. The lowest BCUT2D eigenvalue weighted by molar-refractivity contribution is 0.159. The molecule has 0 bridgehead atoms. The summed E-state index contributed by atoms with van der Waals surface area (Å²) in [5, 5.41) is 8.93. The van der Waals surface area contributed by atoms with E-state index in [0.29, 0.717) is 24.6 Å². The first kappa shape index (κ1) is 11.4. The Kier molecular flexibility index (Phi) is 4.00. The molecule has 0 aromatic heterocycles. The Balaban J connectivity index is 1.83. The van der Waals surface area contributed by atoms with Crippen molar-refractivity contribution in [2.24, 2.45) is 11.7 Å². The largest absolute Gasteiger partial charge is 0.396 e. The van der Waals surface area contributed by atoms with Crippen LogP contribution in [0.4, 0.5) is 0 Å². The fourth-order valence-electron chi connectivity index (χ4n) is 3.18.